The first-order chi connectivity index (χ1) is 9.62. The molecule has 0 aliphatic heterocycles. The smallest absolute Gasteiger partial charge is 0.126 e. The summed E-state index contributed by atoms with van der Waals surface area (Å²) in [6.45, 7) is 9.58. The van der Waals surface area contributed by atoms with Crippen LogP contribution in [0.5, 0.6) is 0 Å². The van der Waals surface area contributed by atoms with Crippen LogP contribution in [0.2, 0.25) is 0 Å². The summed E-state index contributed by atoms with van der Waals surface area (Å²) in [6, 6.07) is 5.79. The van der Waals surface area contributed by atoms with Gasteiger partial charge in [-0.1, -0.05) is 26.0 Å². The molecule has 0 fully saturated rings. The fraction of sp³-hybridized carbons (Fsp3) is 0.647. The highest BCUT2D eigenvalue weighted by Crippen LogP contribution is 2.19. The van der Waals surface area contributed by atoms with E-state index in [4.69, 9.17) is 0 Å². The van der Waals surface area contributed by atoms with Crippen molar-refractivity contribution in [2.75, 3.05) is 26.7 Å². The van der Waals surface area contributed by atoms with Gasteiger partial charge in [0.05, 0.1) is 0 Å². The lowest BCUT2D eigenvalue weighted by molar-refractivity contribution is 0.259. The number of hydrogen-bond acceptors (Lipinski definition) is 2. The van der Waals surface area contributed by atoms with Crippen LogP contribution < -0.4 is 5.32 Å². The number of hydrogen-bond donors (Lipinski definition) is 1. The van der Waals surface area contributed by atoms with E-state index in [1.54, 1.807) is 13.0 Å². The number of nitrogens with one attached hydrogen (secondary N) is 1. The van der Waals surface area contributed by atoms with Gasteiger partial charge in [-0.3, -0.25) is 0 Å². The van der Waals surface area contributed by atoms with Gasteiger partial charge in [0.25, 0.3) is 0 Å². The van der Waals surface area contributed by atoms with Crippen molar-refractivity contribution in [3.63, 3.8) is 0 Å². The first kappa shape index (κ1) is 17.1. The Morgan fingerprint density at radius 3 is 2.30 bits per heavy atom. The summed E-state index contributed by atoms with van der Waals surface area (Å²) in [5, 5.41) is 3.31. The van der Waals surface area contributed by atoms with E-state index in [2.05, 4.69) is 24.1 Å². The Balaban J connectivity index is 2.63. The van der Waals surface area contributed by atoms with Crippen LogP contribution in [0.3, 0.4) is 0 Å². The maximum Gasteiger partial charge on any atom is 0.126 e. The molecule has 1 N–H and O–H groups in total. The molecule has 0 heterocycles. The van der Waals surface area contributed by atoms with Crippen LogP contribution in [0.25, 0.3) is 0 Å². The number of halogens is 1. The predicted molar refractivity (Wildman–Crippen MR) is 84.6 cm³/mol. The molecule has 0 bridgehead atoms. The van der Waals surface area contributed by atoms with Crippen molar-refractivity contribution < 1.29 is 4.39 Å². The number of rotatable bonds is 9. The number of benzene rings is 1. The first-order valence-corrected chi connectivity index (χ1v) is 7.78. The third kappa shape index (κ3) is 5.22. The number of nitrogens with zero attached hydrogens (tertiary/aromatic N) is 1. The molecule has 1 aromatic rings. The maximum absolute atomic E-state index is 13.7. The van der Waals surface area contributed by atoms with Crippen molar-refractivity contribution in [3.8, 4) is 0 Å². The Morgan fingerprint density at radius 2 is 1.80 bits per heavy atom. The van der Waals surface area contributed by atoms with Gasteiger partial charge in [-0.05, 0) is 70.1 Å². The minimum absolute atomic E-state index is 0.110. The lowest BCUT2D eigenvalue weighted by Gasteiger charge is -2.24. The summed E-state index contributed by atoms with van der Waals surface area (Å²) in [5.74, 6) is -0.110. The molecule has 0 aliphatic rings. The molecule has 114 valence electrons. The first-order valence-electron chi connectivity index (χ1n) is 7.78. The lowest BCUT2D eigenvalue weighted by atomic mass is 10.0. The lowest BCUT2D eigenvalue weighted by Crippen LogP contribution is -2.30. The van der Waals surface area contributed by atoms with Crippen molar-refractivity contribution >= 4 is 0 Å². The Morgan fingerprint density at radius 1 is 1.15 bits per heavy atom. The zero-order valence-electron chi connectivity index (χ0n) is 13.4. The SMILES string of the molecule is CCCN(CCC)CCC(NC)c1ccc(C)c(F)c1. The maximum atomic E-state index is 13.7. The average Bonchev–Trinajstić information content (AvgIpc) is 2.43. The molecule has 1 aromatic carbocycles. The van der Waals surface area contributed by atoms with Gasteiger partial charge in [0.15, 0.2) is 0 Å². The van der Waals surface area contributed by atoms with E-state index in [0.29, 0.717) is 5.56 Å². The van der Waals surface area contributed by atoms with E-state index in [9.17, 15) is 4.39 Å². The Hall–Kier alpha value is -0.930. The van der Waals surface area contributed by atoms with Gasteiger partial charge in [-0.2, -0.15) is 0 Å². The van der Waals surface area contributed by atoms with Crippen LogP contribution in [0.15, 0.2) is 18.2 Å². The van der Waals surface area contributed by atoms with E-state index >= 15 is 0 Å². The fourth-order valence-corrected chi connectivity index (χ4v) is 2.58. The second kappa shape index (κ2) is 9.09. The van der Waals surface area contributed by atoms with Crippen molar-refractivity contribution in [1.29, 1.82) is 0 Å². The molecule has 0 saturated carbocycles. The van der Waals surface area contributed by atoms with Gasteiger partial charge in [-0.15, -0.1) is 0 Å². The fourth-order valence-electron chi connectivity index (χ4n) is 2.58. The minimum Gasteiger partial charge on any atom is -0.313 e. The second-order valence-corrected chi connectivity index (χ2v) is 5.48. The molecule has 0 aliphatic carbocycles. The summed E-state index contributed by atoms with van der Waals surface area (Å²) >= 11 is 0. The highest BCUT2D eigenvalue weighted by molar-refractivity contribution is 5.25. The van der Waals surface area contributed by atoms with Gasteiger partial charge in [0, 0.05) is 6.04 Å². The summed E-state index contributed by atoms with van der Waals surface area (Å²) in [5.41, 5.74) is 1.76. The quantitative estimate of drug-likeness (QED) is 0.738. The van der Waals surface area contributed by atoms with E-state index in [-0.39, 0.29) is 11.9 Å². The van der Waals surface area contributed by atoms with Gasteiger partial charge in [0.1, 0.15) is 5.82 Å². The van der Waals surface area contributed by atoms with Gasteiger partial charge < -0.3 is 10.2 Å². The largest absolute Gasteiger partial charge is 0.313 e. The zero-order chi connectivity index (χ0) is 15.0. The highest BCUT2D eigenvalue weighted by Gasteiger charge is 2.13. The Kier molecular flexibility index (Phi) is 7.78. The molecule has 0 aromatic heterocycles. The molecule has 1 unspecified atom stereocenters. The van der Waals surface area contributed by atoms with Crippen molar-refractivity contribution in [2.45, 2.75) is 46.1 Å². The van der Waals surface area contributed by atoms with Crippen LogP contribution >= 0.6 is 0 Å². The summed E-state index contributed by atoms with van der Waals surface area (Å²) in [6.07, 6.45) is 3.38. The van der Waals surface area contributed by atoms with E-state index in [1.165, 1.54) is 12.8 Å². The third-order valence-electron chi connectivity index (χ3n) is 3.76. The van der Waals surface area contributed by atoms with E-state index < -0.39 is 0 Å². The monoisotopic (exact) mass is 280 g/mol. The van der Waals surface area contributed by atoms with E-state index in [1.807, 2.05) is 19.2 Å². The highest BCUT2D eigenvalue weighted by atomic mass is 19.1. The normalized spacial score (nSPS) is 12.9. The molecule has 0 amide bonds. The number of aryl methyl sites for hydroxylation is 1. The predicted octanol–water partition coefficient (Wildman–Crippen LogP) is 3.91. The molecule has 1 atom stereocenters. The molecule has 2 nitrogen and oxygen atoms in total. The van der Waals surface area contributed by atoms with Gasteiger partial charge in [-0.25, -0.2) is 4.39 Å². The van der Waals surface area contributed by atoms with Crippen molar-refractivity contribution in [2.24, 2.45) is 0 Å². The zero-order valence-corrected chi connectivity index (χ0v) is 13.4. The average molecular weight is 280 g/mol. The van der Waals surface area contributed by atoms with Crippen molar-refractivity contribution in [1.82, 2.24) is 10.2 Å². The van der Waals surface area contributed by atoms with Crippen LogP contribution in [0.4, 0.5) is 4.39 Å². The van der Waals surface area contributed by atoms with E-state index in [0.717, 1.165) is 31.6 Å². The van der Waals surface area contributed by atoms with Crippen LogP contribution in [0, 0.1) is 12.7 Å². The van der Waals surface area contributed by atoms with Crippen LogP contribution in [0.1, 0.15) is 50.3 Å². The standard InChI is InChI=1S/C17H29FN2/c1-5-10-20(11-6-2)12-9-17(19-4)15-8-7-14(3)16(18)13-15/h7-8,13,17,19H,5-6,9-12H2,1-4H3. The molecular weight excluding hydrogens is 251 g/mol. The van der Waals surface area contributed by atoms with Gasteiger partial charge in [0.2, 0.25) is 0 Å². The third-order valence-corrected chi connectivity index (χ3v) is 3.76. The Bertz CT molecular complexity index is 387. The minimum atomic E-state index is -0.110. The molecular formula is C17H29FN2. The summed E-state index contributed by atoms with van der Waals surface area (Å²) < 4.78 is 13.7. The molecule has 0 spiro atoms. The Labute approximate surface area is 123 Å². The van der Waals surface area contributed by atoms with Crippen LogP contribution in [-0.2, 0) is 0 Å². The summed E-state index contributed by atoms with van der Waals surface area (Å²) in [7, 11) is 1.95. The molecule has 0 radical (unpaired) electrons. The second-order valence-electron chi connectivity index (χ2n) is 5.48. The molecule has 3 heteroatoms. The molecule has 0 saturated heterocycles. The van der Waals surface area contributed by atoms with Gasteiger partial charge >= 0.3 is 0 Å². The molecule has 20 heavy (non-hydrogen) atoms. The van der Waals surface area contributed by atoms with Crippen LogP contribution in [-0.4, -0.2) is 31.6 Å². The molecule has 1 rings (SSSR count). The van der Waals surface area contributed by atoms with Crippen molar-refractivity contribution in [3.05, 3.63) is 35.1 Å². The summed E-state index contributed by atoms with van der Waals surface area (Å²) in [4.78, 5) is 2.49. The topological polar surface area (TPSA) is 15.3 Å².